The Labute approximate surface area is 154 Å². The number of carbonyl (C=O) groups is 1. The molecule has 1 aliphatic heterocycles. The fourth-order valence-electron chi connectivity index (χ4n) is 3.90. The van der Waals surface area contributed by atoms with Crippen LogP contribution in [-0.2, 0) is 16.1 Å². The number of esters is 1. The van der Waals surface area contributed by atoms with Gasteiger partial charge in [0.25, 0.3) is 0 Å². The van der Waals surface area contributed by atoms with Crippen molar-refractivity contribution in [3.05, 3.63) is 65.7 Å². The Kier molecular flexibility index (Phi) is 4.93. The predicted octanol–water partition coefficient (Wildman–Crippen LogP) is 3.62. The molecule has 2 fully saturated rings. The summed E-state index contributed by atoms with van der Waals surface area (Å²) >= 11 is 0. The number of benzene rings is 2. The van der Waals surface area contributed by atoms with Gasteiger partial charge in [-0.1, -0.05) is 48.5 Å². The molecular formula is C22H25NO3. The lowest BCUT2D eigenvalue weighted by molar-refractivity contribution is -0.150. The molecule has 1 saturated heterocycles. The second-order valence-corrected chi connectivity index (χ2v) is 7.26. The molecule has 2 unspecified atom stereocenters. The predicted molar refractivity (Wildman–Crippen MR) is 100 cm³/mol. The summed E-state index contributed by atoms with van der Waals surface area (Å²) in [5.41, 5.74) is 2.42. The van der Waals surface area contributed by atoms with Crippen LogP contribution in [0.2, 0.25) is 0 Å². The number of carbonyl (C=O) groups excluding carboxylic acids is 1. The van der Waals surface area contributed by atoms with E-state index < -0.39 is 0 Å². The van der Waals surface area contributed by atoms with Gasteiger partial charge in [-0.25, -0.2) is 0 Å². The second kappa shape index (κ2) is 7.50. The van der Waals surface area contributed by atoms with Gasteiger partial charge in [-0.2, -0.15) is 0 Å². The third-order valence-corrected chi connectivity index (χ3v) is 5.39. The fraction of sp³-hybridized carbons (Fsp3) is 0.409. The van der Waals surface area contributed by atoms with Gasteiger partial charge < -0.3 is 9.47 Å². The molecule has 4 heteroatoms. The van der Waals surface area contributed by atoms with Crippen molar-refractivity contribution in [2.75, 3.05) is 20.2 Å². The lowest BCUT2D eigenvalue weighted by atomic mass is 10.1. The summed E-state index contributed by atoms with van der Waals surface area (Å²) < 4.78 is 11.2. The maximum Gasteiger partial charge on any atom is 0.309 e. The van der Waals surface area contributed by atoms with Crippen molar-refractivity contribution in [1.82, 2.24) is 4.90 Å². The largest absolute Gasteiger partial charge is 0.496 e. The lowest BCUT2D eigenvalue weighted by Gasteiger charge is -2.16. The number of rotatable bonds is 6. The molecule has 0 bridgehead atoms. The highest BCUT2D eigenvalue weighted by Gasteiger charge is 2.47. The molecule has 0 aromatic heterocycles. The Hall–Kier alpha value is -2.33. The number of hydrogen-bond acceptors (Lipinski definition) is 4. The maximum atomic E-state index is 12.5. The highest BCUT2D eigenvalue weighted by atomic mass is 16.5. The third-order valence-electron chi connectivity index (χ3n) is 5.39. The van der Waals surface area contributed by atoms with Gasteiger partial charge in [0.2, 0.25) is 0 Å². The Morgan fingerprint density at radius 1 is 1.12 bits per heavy atom. The highest BCUT2D eigenvalue weighted by molar-refractivity contribution is 5.78. The molecule has 1 aliphatic carbocycles. The number of methoxy groups -OCH3 is 1. The molecule has 4 nitrogen and oxygen atoms in total. The van der Waals surface area contributed by atoms with Crippen LogP contribution >= 0.6 is 0 Å². The summed E-state index contributed by atoms with van der Waals surface area (Å²) in [4.78, 5) is 14.9. The summed E-state index contributed by atoms with van der Waals surface area (Å²) in [6.45, 7) is 2.72. The van der Waals surface area contributed by atoms with Crippen LogP contribution < -0.4 is 4.74 Å². The Bertz CT molecular complexity index is 761. The van der Waals surface area contributed by atoms with Crippen LogP contribution in [0, 0.1) is 5.92 Å². The van der Waals surface area contributed by atoms with Crippen molar-refractivity contribution in [2.24, 2.45) is 5.92 Å². The lowest BCUT2D eigenvalue weighted by Crippen LogP contribution is -2.25. The van der Waals surface area contributed by atoms with E-state index in [2.05, 4.69) is 29.2 Å². The quantitative estimate of drug-likeness (QED) is 0.745. The fourth-order valence-corrected chi connectivity index (χ4v) is 3.90. The van der Waals surface area contributed by atoms with Crippen LogP contribution in [-0.4, -0.2) is 37.2 Å². The first-order valence-electron chi connectivity index (χ1n) is 9.34. The average molecular weight is 351 g/mol. The van der Waals surface area contributed by atoms with Crippen LogP contribution in [0.4, 0.5) is 0 Å². The maximum absolute atomic E-state index is 12.5. The van der Waals surface area contributed by atoms with E-state index in [0.717, 1.165) is 43.8 Å². The molecule has 0 spiro atoms. The molecule has 136 valence electrons. The van der Waals surface area contributed by atoms with Gasteiger partial charge >= 0.3 is 5.97 Å². The Morgan fingerprint density at radius 3 is 2.69 bits per heavy atom. The topological polar surface area (TPSA) is 38.8 Å². The molecule has 1 saturated carbocycles. The van der Waals surface area contributed by atoms with Crippen molar-refractivity contribution < 1.29 is 14.3 Å². The van der Waals surface area contributed by atoms with E-state index in [4.69, 9.17) is 9.47 Å². The molecule has 0 radical (unpaired) electrons. The number of hydrogen-bond donors (Lipinski definition) is 0. The summed E-state index contributed by atoms with van der Waals surface area (Å²) in [6.07, 6.45) is 1.80. The molecule has 0 N–H and O–H groups in total. The summed E-state index contributed by atoms with van der Waals surface area (Å²) in [6, 6.07) is 18.4. The zero-order chi connectivity index (χ0) is 17.9. The van der Waals surface area contributed by atoms with Gasteiger partial charge in [0.1, 0.15) is 11.9 Å². The van der Waals surface area contributed by atoms with Crippen LogP contribution in [0.3, 0.4) is 0 Å². The van der Waals surface area contributed by atoms with Crippen molar-refractivity contribution >= 4 is 5.97 Å². The van der Waals surface area contributed by atoms with E-state index in [1.54, 1.807) is 7.11 Å². The molecule has 3 atom stereocenters. The first kappa shape index (κ1) is 17.1. The second-order valence-electron chi connectivity index (χ2n) is 7.26. The standard InChI is InChI=1S/C22H25NO3/c1-25-21-10-6-5-9-18(21)19-13-20(19)22(24)26-17-11-12-23(15-17)14-16-7-3-2-4-8-16/h2-10,17,19-20H,11-15H2,1H3/t17-,19?,20?/m1/s1. The molecule has 2 aromatic rings. The van der Waals surface area contributed by atoms with Crippen molar-refractivity contribution in [3.8, 4) is 5.75 Å². The van der Waals surface area contributed by atoms with Gasteiger partial charge in [0, 0.05) is 25.6 Å². The first-order chi connectivity index (χ1) is 12.7. The average Bonchev–Trinajstić information content (AvgIpc) is 3.37. The smallest absolute Gasteiger partial charge is 0.309 e. The normalized spacial score (nSPS) is 25.0. The molecule has 2 aliphatic rings. The Balaban J connectivity index is 1.28. The van der Waals surface area contributed by atoms with Gasteiger partial charge in [-0.05, 0) is 30.0 Å². The van der Waals surface area contributed by atoms with Gasteiger partial charge in [0.15, 0.2) is 0 Å². The summed E-state index contributed by atoms with van der Waals surface area (Å²) in [5, 5.41) is 0. The monoisotopic (exact) mass is 351 g/mol. The number of likely N-dealkylation sites (tertiary alicyclic amines) is 1. The molecule has 4 rings (SSSR count). The zero-order valence-corrected chi connectivity index (χ0v) is 15.1. The van der Waals surface area contributed by atoms with E-state index in [1.165, 1.54) is 5.56 Å². The number of ether oxygens (including phenoxy) is 2. The molecule has 26 heavy (non-hydrogen) atoms. The minimum atomic E-state index is -0.0486. The minimum Gasteiger partial charge on any atom is -0.496 e. The first-order valence-corrected chi connectivity index (χ1v) is 9.34. The minimum absolute atomic E-state index is 0.0186. The zero-order valence-electron chi connectivity index (χ0n) is 15.1. The molecule has 0 amide bonds. The van der Waals surface area contributed by atoms with E-state index in [9.17, 15) is 4.79 Å². The van der Waals surface area contributed by atoms with Crippen LogP contribution in [0.15, 0.2) is 54.6 Å². The van der Waals surface area contributed by atoms with E-state index in [1.807, 2.05) is 30.3 Å². The SMILES string of the molecule is COc1ccccc1C1CC1C(=O)O[C@@H]1CCN(Cc2ccccc2)C1. The highest BCUT2D eigenvalue weighted by Crippen LogP contribution is 2.51. The number of nitrogens with zero attached hydrogens (tertiary/aromatic N) is 1. The van der Waals surface area contributed by atoms with Gasteiger partial charge in [-0.15, -0.1) is 0 Å². The van der Waals surface area contributed by atoms with Crippen molar-refractivity contribution in [3.63, 3.8) is 0 Å². The van der Waals surface area contributed by atoms with Crippen LogP contribution in [0.5, 0.6) is 5.75 Å². The molecule has 1 heterocycles. The van der Waals surface area contributed by atoms with Crippen molar-refractivity contribution in [1.29, 1.82) is 0 Å². The number of para-hydroxylation sites is 1. The third kappa shape index (κ3) is 3.75. The van der Waals surface area contributed by atoms with E-state index >= 15 is 0 Å². The van der Waals surface area contributed by atoms with Gasteiger partial charge in [0.05, 0.1) is 13.0 Å². The summed E-state index contributed by atoms with van der Waals surface area (Å²) in [5.74, 6) is 1.03. The van der Waals surface area contributed by atoms with E-state index in [0.29, 0.717) is 0 Å². The van der Waals surface area contributed by atoms with Gasteiger partial charge in [-0.3, -0.25) is 9.69 Å². The Morgan fingerprint density at radius 2 is 1.88 bits per heavy atom. The van der Waals surface area contributed by atoms with Crippen molar-refractivity contribution in [2.45, 2.75) is 31.4 Å². The van der Waals surface area contributed by atoms with Crippen LogP contribution in [0.25, 0.3) is 0 Å². The summed E-state index contributed by atoms with van der Waals surface area (Å²) in [7, 11) is 1.67. The van der Waals surface area contributed by atoms with E-state index in [-0.39, 0.29) is 23.9 Å². The molecule has 2 aromatic carbocycles. The van der Waals surface area contributed by atoms with Crippen LogP contribution in [0.1, 0.15) is 29.9 Å². The molecular weight excluding hydrogens is 326 g/mol.